The Morgan fingerprint density at radius 1 is 1.13 bits per heavy atom. The zero-order valence-electron chi connectivity index (χ0n) is 8.78. The summed E-state index contributed by atoms with van der Waals surface area (Å²) in [6.45, 7) is 3.06. The maximum absolute atomic E-state index is 9.53. The van der Waals surface area contributed by atoms with E-state index in [1.54, 1.807) is 13.8 Å². The van der Waals surface area contributed by atoms with Crippen molar-refractivity contribution in [2.45, 2.75) is 50.7 Å². The average molecular weight is 222 g/mol. The fourth-order valence-corrected chi connectivity index (χ4v) is 1.45. The van der Waals surface area contributed by atoms with Crippen molar-refractivity contribution in [1.29, 1.82) is 0 Å². The lowest BCUT2D eigenvalue weighted by Gasteiger charge is -2.40. The van der Waals surface area contributed by atoms with Crippen LogP contribution in [-0.2, 0) is 9.47 Å². The van der Waals surface area contributed by atoms with E-state index in [9.17, 15) is 15.3 Å². The van der Waals surface area contributed by atoms with E-state index < -0.39 is 37.3 Å². The number of aliphatic hydroxyl groups is 4. The molecule has 0 aromatic rings. The van der Waals surface area contributed by atoms with Crippen LogP contribution >= 0.6 is 0 Å². The van der Waals surface area contributed by atoms with E-state index in [1.165, 1.54) is 0 Å². The zero-order chi connectivity index (χ0) is 11.6. The van der Waals surface area contributed by atoms with Crippen molar-refractivity contribution in [3.8, 4) is 0 Å². The molecule has 0 amide bonds. The Morgan fingerprint density at radius 3 is 2.20 bits per heavy atom. The van der Waals surface area contributed by atoms with Crippen molar-refractivity contribution in [1.82, 2.24) is 0 Å². The first-order chi connectivity index (χ1) is 6.97. The summed E-state index contributed by atoms with van der Waals surface area (Å²) < 4.78 is 10.3. The van der Waals surface area contributed by atoms with Crippen LogP contribution in [0.2, 0.25) is 0 Å². The fraction of sp³-hybridized carbons (Fsp3) is 1.00. The molecule has 0 aliphatic carbocycles. The molecule has 1 aliphatic heterocycles. The van der Waals surface area contributed by atoms with Crippen LogP contribution < -0.4 is 0 Å². The Kier molecular flexibility index (Phi) is 4.45. The lowest BCUT2D eigenvalue weighted by Crippen LogP contribution is -2.59. The predicted molar refractivity (Wildman–Crippen MR) is 50.0 cm³/mol. The first-order valence-electron chi connectivity index (χ1n) is 4.93. The Hall–Kier alpha value is -0.240. The second-order valence-corrected chi connectivity index (χ2v) is 3.88. The highest BCUT2D eigenvalue weighted by molar-refractivity contribution is 4.88. The van der Waals surface area contributed by atoms with Gasteiger partial charge in [-0.1, -0.05) is 0 Å². The van der Waals surface area contributed by atoms with E-state index in [0.717, 1.165) is 0 Å². The molecule has 90 valence electrons. The molecule has 1 heterocycles. The third-order valence-corrected chi connectivity index (χ3v) is 2.25. The van der Waals surface area contributed by atoms with Crippen LogP contribution in [0, 0.1) is 0 Å². The molecule has 6 nitrogen and oxygen atoms in total. The molecule has 5 atom stereocenters. The number of aliphatic hydroxyl groups excluding tert-OH is 4. The molecule has 1 saturated heterocycles. The first-order valence-corrected chi connectivity index (χ1v) is 4.93. The molecule has 1 aliphatic rings. The second-order valence-electron chi connectivity index (χ2n) is 3.88. The van der Waals surface area contributed by atoms with E-state index in [4.69, 9.17) is 14.6 Å². The number of rotatable bonds is 3. The van der Waals surface area contributed by atoms with Gasteiger partial charge in [-0.25, -0.2) is 0 Å². The fourth-order valence-electron chi connectivity index (χ4n) is 1.45. The second kappa shape index (κ2) is 5.20. The van der Waals surface area contributed by atoms with E-state index in [2.05, 4.69) is 0 Å². The predicted octanol–water partition coefficient (Wildman–Crippen LogP) is -1.79. The Morgan fingerprint density at radius 2 is 1.73 bits per heavy atom. The van der Waals surface area contributed by atoms with Crippen molar-refractivity contribution in [2.75, 3.05) is 6.61 Å². The minimum absolute atomic E-state index is 0.188. The molecule has 0 radical (unpaired) electrons. The molecular weight excluding hydrogens is 204 g/mol. The maximum atomic E-state index is 9.53. The van der Waals surface area contributed by atoms with Crippen molar-refractivity contribution < 1.29 is 29.9 Å². The highest BCUT2D eigenvalue weighted by atomic mass is 16.7. The van der Waals surface area contributed by atoms with Gasteiger partial charge in [-0.05, 0) is 13.8 Å². The van der Waals surface area contributed by atoms with Gasteiger partial charge in [-0.3, -0.25) is 0 Å². The number of hydrogen-bond donors (Lipinski definition) is 4. The van der Waals surface area contributed by atoms with Gasteiger partial charge >= 0.3 is 0 Å². The van der Waals surface area contributed by atoms with Crippen LogP contribution in [0.5, 0.6) is 0 Å². The largest absolute Gasteiger partial charge is 0.394 e. The van der Waals surface area contributed by atoms with E-state index >= 15 is 0 Å². The molecule has 1 rings (SSSR count). The summed E-state index contributed by atoms with van der Waals surface area (Å²) in [7, 11) is 0. The molecule has 0 spiro atoms. The molecule has 0 bridgehead atoms. The lowest BCUT2D eigenvalue weighted by molar-refractivity contribution is -0.308. The Bertz CT molecular complexity index is 195. The minimum atomic E-state index is -1.38. The van der Waals surface area contributed by atoms with Gasteiger partial charge in [-0.2, -0.15) is 0 Å². The van der Waals surface area contributed by atoms with Gasteiger partial charge in [0.05, 0.1) is 12.7 Å². The van der Waals surface area contributed by atoms with E-state index in [0.29, 0.717) is 0 Å². The van der Waals surface area contributed by atoms with Gasteiger partial charge in [0.2, 0.25) is 0 Å². The average Bonchev–Trinajstić information content (AvgIpc) is 2.18. The normalized spacial score (nSPS) is 42.2. The third-order valence-electron chi connectivity index (χ3n) is 2.25. The van der Waals surface area contributed by atoms with Gasteiger partial charge in [-0.15, -0.1) is 0 Å². The number of ether oxygens (including phenoxy) is 2. The standard InChI is InChI=1S/C9H18O6/c1-4(2)14-9-8(13)7(12)6(11)5(3-10)15-9/h4-13H,3H2,1-2H3/t5?,6-,7?,8+,9?/m1/s1. The summed E-state index contributed by atoms with van der Waals surface area (Å²) in [6.07, 6.45) is -6.15. The van der Waals surface area contributed by atoms with Crippen LogP contribution in [-0.4, -0.2) is 63.8 Å². The summed E-state index contributed by atoms with van der Waals surface area (Å²) >= 11 is 0. The van der Waals surface area contributed by atoms with Crippen LogP contribution in [0.1, 0.15) is 13.8 Å². The molecule has 4 N–H and O–H groups in total. The smallest absolute Gasteiger partial charge is 0.186 e. The zero-order valence-corrected chi connectivity index (χ0v) is 8.78. The van der Waals surface area contributed by atoms with Crippen LogP contribution in [0.4, 0.5) is 0 Å². The highest BCUT2D eigenvalue weighted by Gasteiger charge is 2.44. The van der Waals surface area contributed by atoms with Gasteiger partial charge in [0, 0.05) is 0 Å². The molecule has 0 aromatic carbocycles. The van der Waals surface area contributed by atoms with Gasteiger partial charge in [0.1, 0.15) is 24.4 Å². The van der Waals surface area contributed by atoms with Gasteiger partial charge in [0.25, 0.3) is 0 Å². The maximum Gasteiger partial charge on any atom is 0.186 e. The molecule has 1 fully saturated rings. The highest BCUT2D eigenvalue weighted by Crippen LogP contribution is 2.22. The van der Waals surface area contributed by atoms with Crippen LogP contribution in [0.15, 0.2) is 0 Å². The third kappa shape index (κ3) is 2.87. The molecule has 6 heteroatoms. The molecule has 3 unspecified atom stereocenters. The van der Waals surface area contributed by atoms with Crippen molar-refractivity contribution in [3.05, 3.63) is 0 Å². The molecule has 0 aromatic heterocycles. The summed E-state index contributed by atoms with van der Waals surface area (Å²) in [5.41, 5.74) is 0. The topological polar surface area (TPSA) is 99.4 Å². The Labute approximate surface area is 88.1 Å². The molecule has 0 saturated carbocycles. The number of hydrogen-bond acceptors (Lipinski definition) is 6. The summed E-state index contributed by atoms with van der Waals surface area (Å²) in [5, 5.41) is 37.3. The van der Waals surface area contributed by atoms with Gasteiger partial charge in [0.15, 0.2) is 6.29 Å². The lowest BCUT2D eigenvalue weighted by atomic mass is 9.99. The summed E-state index contributed by atoms with van der Waals surface area (Å²) in [4.78, 5) is 0. The molecular formula is C9H18O6. The first kappa shape index (κ1) is 12.8. The quantitative estimate of drug-likeness (QED) is 0.450. The van der Waals surface area contributed by atoms with Crippen LogP contribution in [0.25, 0.3) is 0 Å². The van der Waals surface area contributed by atoms with E-state index in [-0.39, 0.29) is 6.10 Å². The minimum Gasteiger partial charge on any atom is -0.394 e. The monoisotopic (exact) mass is 222 g/mol. The summed E-state index contributed by atoms with van der Waals surface area (Å²) in [5.74, 6) is 0. The SMILES string of the molecule is CC(C)OC1OC(CO)[C@@H](O)C(O)[C@@H]1O. The van der Waals surface area contributed by atoms with Crippen molar-refractivity contribution >= 4 is 0 Å². The summed E-state index contributed by atoms with van der Waals surface area (Å²) in [6, 6.07) is 0. The Balaban J connectivity index is 2.65. The van der Waals surface area contributed by atoms with Gasteiger partial charge < -0.3 is 29.9 Å². The van der Waals surface area contributed by atoms with Crippen molar-refractivity contribution in [2.24, 2.45) is 0 Å². The molecule has 15 heavy (non-hydrogen) atoms. The van der Waals surface area contributed by atoms with Crippen molar-refractivity contribution in [3.63, 3.8) is 0 Å². The van der Waals surface area contributed by atoms with E-state index in [1.807, 2.05) is 0 Å². The van der Waals surface area contributed by atoms with Crippen LogP contribution in [0.3, 0.4) is 0 Å².